The van der Waals surface area contributed by atoms with E-state index in [0.29, 0.717) is 6.42 Å². The van der Waals surface area contributed by atoms with E-state index in [-0.39, 0.29) is 19.0 Å². The van der Waals surface area contributed by atoms with Crippen LogP contribution in [0.4, 0.5) is 13.2 Å². The second kappa shape index (κ2) is 6.20. The zero-order chi connectivity index (χ0) is 14.5. The monoisotopic (exact) mass is 298 g/mol. The van der Waals surface area contributed by atoms with E-state index in [1.807, 2.05) is 0 Å². The van der Waals surface area contributed by atoms with Gasteiger partial charge in [0.15, 0.2) is 0 Å². The summed E-state index contributed by atoms with van der Waals surface area (Å²) in [6.07, 6.45) is -3.18. The fraction of sp³-hybridized carbons (Fsp3) is 0.500. The molecule has 0 fully saturated rings. The SMILES string of the molecule is CS(=O)(=O)NCCCOc1cccc(C(F)(F)F)n1. The molecule has 5 nitrogen and oxygen atoms in total. The van der Waals surface area contributed by atoms with E-state index in [9.17, 15) is 21.6 Å². The van der Waals surface area contributed by atoms with Crippen molar-refractivity contribution in [1.29, 1.82) is 0 Å². The first-order valence-electron chi connectivity index (χ1n) is 5.30. The maximum absolute atomic E-state index is 12.3. The lowest BCUT2D eigenvalue weighted by molar-refractivity contribution is -0.141. The molecule has 0 aromatic carbocycles. The molecule has 1 N–H and O–H groups in total. The van der Waals surface area contributed by atoms with Crippen molar-refractivity contribution >= 4 is 10.0 Å². The van der Waals surface area contributed by atoms with Gasteiger partial charge in [0.25, 0.3) is 0 Å². The molecule has 19 heavy (non-hydrogen) atoms. The topological polar surface area (TPSA) is 68.3 Å². The van der Waals surface area contributed by atoms with E-state index >= 15 is 0 Å². The van der Waals surface area contributed by atoms with Gasteiger partial charge in [0.2, 0.25) is 15.9 Å². The summed E-state index contributed by atoms with van der Waals surface area (Å²) in [7, 11) is -3.27. The van der Waals surface area contributed by atoms with Crippen molar-refractivity contribution in [2.45, 2.75) is 12.6 Å². The Morgan fingerprint density at radius 3 is 2.63 bits per heavy atom. The van der Waals surface area contributed by atoms with Gasteiger partial charge < -0.3 is 4.74 Å². The molecule has 0 atom stereocenters. The van der Waals surface area contributed by atoms with Crippen LogP contribution in [0.25, 0.3) is 0 Å². The van der Waals surface area contributed by atoms with E-state index < -0.39 is 21.9 Å². The number of aromatic nitrogens is 1. The Morgan fingerprint density at radius 1 is 1.37 bits per heavy atom. The summed E-state index contributed by atoms with van der Waals surface area (Å²) < 4.78 is 65.7. The summed E-state index contributed by atoms with van der Waals surface area (Å²) in [6, 6.07) is 3.34. The second-order valence-electron chi connectivity index (χ2n) is 3.73. The van der Waals surface area contributed by atoms with Crippen LogP contribution in [0.15, 0.2) is 18.2 Å². The number of rotatable bonds is 6. The van der Waals surface area contributed by atoms with Gasteiger partial charge in [0, 0.05) is 12.6 Å². The third-order valence-corrected chi connectivity index (χ3v) is 2.68. The Kier molecular flexibility index (Phi) is 5.12. The van der Waals surface area contributed by atoms with Crippen molar-refractivity contribution in [2.24, 2.45) is 0 Å². The summed E-state index contributed by atoms with van der Waals surface area (Å²) in [5, 5.41) is 0. The number of hydrogen-bond acceptors (Lipinski definition) is 4. The summed E-state index contributed by atoms with van der Waals surface area (Å²) in [5.41, 5.74) is -1.03. The highest BCUT2D eigenvalue weighted by Gasteiger charge is 2.32. The Labute approximate surface area is 108 Å². The molecule has 0 aliphatic heterocycles. The quantitative estimate of drug-likeness (QED) is 0.807. The van der Waals surface area contributed by atoms with E-state index in [1.165, 1.54) is 12.1 Å². The van der Waals surface area contributed by atoms with Crippen LogP contribution in [0.2, 0.25) is 0 Å². The summed E-state index contributed by atoms with van der Waals surface area (Å²) >= 11 is 0. The largest absolute Gasteiger partial charge is 0.478 e. The van der Waals surface area contributed by atoms with Gasteiger partial charge in [-0.05, 0) is 12.5 Å². The lowest BCUT2D eigenvalue weighted by atomic mass is 10.3. The van der Waals surface area contributed by atoms with Crippen molar-refractivity contribution in [3.05, 3.63) is 23.9 Å². The van der Waals surface area contributed by atoms with Gasteiger partial charge in [-0.1, -0.05) is 6.07 Å². The van der Waals surface area contributed by atoms with Gasteiger partial charge >= 0.3 is 6.18 Å². The number of sulfonamides is 1. The minimum Gasteiger partial charge on any atom is -0.478 e. The smallest absolute Gasteiger partial charge is 0.433 e. The third kappa shape index (κ3) is 6.39. The number of pyridine rings is 1. The predicted octanol–water partition coefficient (Wildman–Crippen LogP) is 1.42. The fourth-order valence-corrected chi connectivity index (χ4v) is 1.67. The van der Waals surface area contributed by atoms with Crippen molar-refractivity contribution in [3.63, 3.8) is 0 Å². The van der Waals surface area contributed by atoms with Crippen molar-refractivity contribution in [1.82, 2.24) is 9.71 Å². The zero-order valence-corrected chi connectivity index (χ0v) is 10.9. The Balaban J connectivity index is 2.42. The predicted molar refractivity (Wildman–Crippen MR) is 62.2 cm³/mol. The van der Waals surface area contributed by atoms with Gasteiger partial charge in [0.05, 0.1) is 12.9 Å². The number of nitrogens with one attached hydrogen (secondary N) is 1. The molecule has 0 radical (unpaired) electrons. The van der Waals surface area contributed by atoms with Gasteiger partial charge in [-0.15, -0.1) is 0 Å². The van der Waals surface area contributed by atoms with E-state index in [0.717, 1.165) is 12.3 Å². The first-order chi connectivity index (χ1) is 8.68. The minimum atomic E-state index is -4.52. The van der Waals surface area contributed by atoms with Crippen LogP contribution < -0.4 is 9.46 Å². The highest BCUT2D eigenvalue weighted by molar-refractivity contribution is 7.88. The maximum atomic E-state index is 12.3. The third-order valence-electron chi connectivity index (χ3n) is 1.95. The molecule has 1 heterocycles. The summed E-state index contributed by atoms with van der Waals surface area (Å²) in [5.74, 6) is -0.144. The number of nitrogens with zero attached hydrogens (tertiary/aromatic N) is 1. The molecule has 0 unspecified atom stereocenters. The van der Waals surface area contributed by atoms with Crippen LogP contribution in [0.1, 0.15) is 12.1 Å². The minimum absolute atomic E-state index is 0.0663. The molecule has 0 aliphatic rings. The molecule has 0 amide bonds. The molecule has 0 saturated heterocycles. The number of hydrogen-bond donors (Lipinski definition) is 1. The standard InChI is InChI=1S/C10H13F3N2O3S/c1-19(16,17)14-6-3-7-18-9-5-2-4-8(15-9)10(11,12)13/h2,4-5,14H,3,6-7H2,1H3. The lowest BCUT2D eigenvalue weighted by Crippen LogP contribution is -2.24. The molecule has 9 heteroatoms. The van der Waals surface area contributed by atoms with Crippen LogP contribution in [0.3, 0.4) is 0 Å². The van der Waals surface area contributed by atoms with Crippen molar-refractivity contribution in [2.75, 3.05) is 19.4 Å². The molecule has 0 spiro atoms. The summed E-state index contributed by atoms with van der Waals surface area (Å²) in [4.78, 5) is 3.30. The molecular weight excluding hydrogens is 285 g/mol. The average molecular weight is 298 g/mol. The van der Waals surface area contributed by atoms with Gasteiger partial charge in [-0.25, -0.2) is 18.1 Å². The molecule has 1 aromatic rings. The first-order valence-corrected chi connectivity index (χ1v) is 7.19. The van der Waals surface area contributed by atoms with Gasteiger partial charge in [-0.3, -0.25) is 0 Å². The molecule has 1 rings (SSSR count). The van der Waals surface area contributed by atoms with Gasteiger partial charge in [-0.2, -0.15) is 13.2 Å². The number of halogens is 3. The van der Waals surface area contributed by atoms with Crippen molar-refractivity contribution < 1.29 is 26.3 Å². The Hall–Kier alpha value is -1.35. The van der Waals surface area contributed by atoms with Crippen molar-refractivity contribution in [3.8, 4) is 5.88 Å². The van der Waals surface area contributed by atoms with Crippen LogP contribution in [-0.2, 0) is 16.2 Å². The Morgan fingerprint density at radius 2 is 2.05 bits per heavy atom. The van der Waals surface area contributed by atoms with Crippen LogP contribution in [0.5, 0.6) is 5.88 Å². The maximum Gasteiger partial charge on any atom is 0.433 e. The zero-order valence-electron chi connectivity index (χ0n) is 10.1. The molecule has 0 saturated carbocycles. The lowest BCUT2D eigenvalue weighted by Gasteiger charge is -2.09. The normalized spacial score (nSPS) is 12.4. The van der Waals surface area contributed by atoms with Crippen LogP contribution in [0, 0.1) is 0 Å². The highest BCUT2D eigenvalue weighted by Crippen LogP contribution is 2.28. The number of alkyl halides is 3. The first kappa shape index (κ1) is 15.7. The molecular formula is C10H13F3N2O3S. The van der Waals surface area contributed by atoms with Gasteiger partial charge in [0.1, 0.15) is 5.69 Å². The highest BCUT2D eigenvalue weighted by atomic mass is 32.2. The van der Waals surface area contributed by atoms with E-state index in [1.54, 1.807) is 0 Å². The number of ether oxygens (including phenoxy) is 1. The van der Waals surface area contributed by atoms with Crippen LogP contribution >= 0.6 is 0 Å². The molecule has 0 bridgehead atoms. The second-order valence-corrected chi connectivity index (χ2v) is 5.56. The molecule has 108 valence electrons. The average Bonchev–Trinajstić information content (AvgIpc) is 2.26. The van der Waals surface area contributed by atoms with E-state index in [2.05, 4.69) is 9.71 Å². The fourth-order valence-electron chi connectivity index (χ4n) is 1.16. The molecule has 0 aliphatic carbocycles. The van der Waals surface area contributed by atoms with Crippen LogP contribution in [-0.4, -0.2) is 32.8 Å². The Bertz CT molecular complexity index is 517. The van der Waals surface area contributed by atoms with E-state index in [4.69, 9.17) is 4.74 Å². The summed E-state index contributed by atoms with van der Waals surface area (Å²) in [6.45, 7) is 0.217. The molecule has 1 aromatic heterocycles.